The molecule has 0 aromatic carbocycles. The Bertz CT molecular complexity index is 431. The minimum absolute atomic E-state index is 0.328. The minimum Gasteiger partial charge on any atom is -0.480 e. The smallest absolute Gasteiger partial charge is 0.326 e. The second-order valence-corrected chi connectivity index (χ2v) is 6.31. The summed E-state index contributed by atoms with van der Waals surface area (Å²) in [5, 5.41) is 11.7. The Morgan fingerprint density at radius 3 is 2.29 bits per heavy atom. The number of aryl methyl sites for hydroxylation is 1. The monoisotopic (exact) mass is 255 g/mol. The highest BCUT2D eigenvalue weighted by molar-refractivity contribution is 7.13. The fraction of sp³-hybridized carbons (Fsp3) is 0.500. The van der Waals surface area contributed by atoms with Gasteiger partial charge in [-0.15, -0.1) is 11.3 Å². The van der Waals surface area contributed by atoms with Crippen LogP contribution in [0.15, 0.2) is 12.1 Å². The van der Waals surface area contributed by atoms with E-state index in [1.54, 1.807) is 26.8 Å². The van der Waals surface area contributed by atoms with Crippen molar-refractivity contribution in [2.24, 2.45) is 5.41 Å². The molecule has 1 atom stereocenters. The van der Waals surface area contributed by atoms with E-state index in [2.05, 4.69) is 5.32 Å². The van der Waals surface area contributed by atoms with Gasteiger partial charge in [-0.2, -0.15) is 0 Å². The Kier molecular flexibility index (Phi) is 3.93. The minimum atomic E-state index is -1.01. The number of thiophene rings is 1. The Balaban J connectivity index is 2.82. The van der Waals surface area contributed by atoms with Gasteiger partial charge >= 0.3 is 5.97 Å². The molecule has 1 heterocycles. The predicted octanol–water partition coefficient (Wildman–Crippen LogP) is 2.29. The third-order valence-electron chi connectivity index (χ3n) is 2.35. The van der Waals surface area contributed by atoms with Gasteiger partial charge in [-0.3, -0.25) is 4.79 Å². The molecule has 1 amide bonds. The molecule has 2 N–H and O–H groups in total. The number of nitrogens with one attached hydrogen (secondary N) is 1. The first-order chi connectivity index (χ1) is 7.71. The van der Waals surface area contributed by atoms with Crippen LogP contribution in [0.2, 0.25) is 0 Å². The van der Waals surface area contributed by atoms with E-state index in [1.807, 2.05) is 13.0 Å². The molecule has 0 aliphatic rings. The Hall–Kier alpha value is -1.36. The van der Waals surface area contributed by atoms with Crippen molar-refractivity contribution in [1.82, 2.24) is 5.32 Å². The van der Waals surface area contributed by atoms with Gasteiger partial charge in [0.25, 0.3) is 5.91 Å². The van der Waals surface area contributed by atoms with E-state index in [-0.39, 0.29) is 5.91 Å². The molecular weight excluding hydrogens is 238 g/mol. The van der Waals surface area contributed by atoms with Gasteiger partial charge in [0.05, 0.1) is 4.88 Å². The van der Waals surface area contributed by atoms with E-state index in [0.29, 0.717) is 4.88 Å². The van der Waals surface area contributed by atoms with Gasteiger partial charge in [0.1, 0.15) is 6.04 Å². The van der Waals surface area contributed by atoms with Gasteiger partial charge in [-0.25, -0.2) is 4.79 Å². The summed E-state index contributed by atoms with van der Waals surface area (Å²) < 4.78 is 0. The summed E-state index contributed by atoms with van der Waals surface area (Å²) >= 11 is 1.36. The normalized spacial score (nSPS) is 13.2. The first-order valence-corrected chi connectivity index (χ1v) is 6.13. The molecular formula is C12H17NO3S. The van der Waals surface area contributed by atoms with E-state index in [9.17, 15) is 9.59 Å². The number of carbonyl (C=O) groups is 2. The summed E-state index contributed by atoms with van der Waals surface area (Å²) in [6.07, 6.45) is 0. The average Bonchev–Trinajstić information content (AvgIpc) is 2.58. The summed E-state index contributed by atoms with van der Waals surface area (Å²) in [6, 6.07) is 2.65. The van der Waals surface area contributed by atoms with Gasteiger partial charge < -0.3 is 10.4 Å². The number of amides is 1. The maximum absolute atomic E-state index is 11.9. The van der Waals surface area contributed by atoms with Crippen LogP contribution in [0.3, 0.4) is 0 Å². The lowest BCUT2D eigenvalue weighted by atomic mass is 9.87. The van der Waals surface area contributed by atoms with Crippen LogP contribution in [0.1, 0.15) is 35.3 Å². The fourth-order valence-corrected chi connectivity index (χ4v) is 2.18. The van der Waals surface area contributed by atoms with Crippen LogP contribution in [0.25, 0.3) is 0 Å². The summed E-state index contributed by atoms with van der Waals surface area (Å²) in [6.45, 7) is 7.25. The van der Waals surface area contributed by atoms with E-state index in [1.165, 1.54) is 11.3 Å². The average molecular weight is 255 g/mol. The van der Waals surface area contributed by atoms with Crippen LogP contribution in [0.4, 0.5) is 0 Å². The van der Waals surface area contributed by atoms with Crippen molar-refractivity contribution in [2.75, 3.05) is 0 Å². The lowest BCUT2D eigenvalue weighted by Crippen LogP contribution is -2.48. The number of rotatable bonds is 3. The number of hydrogen-bond acceptors (Lipinski definition) is 3. The predicted molar refractivity (Wildman–Crippen MR) is 67.4 cm³/mol. The number of aliphatic carboxylic acids is 1. The highest BCUT2D eigenvalue weighted by Crippen LogP contribution is 2.21. The molecule has 1 rings (SSSR count). The Morgan fingerprint density at radius 2 is 1.94 bits per heavy atom. The summed E-state index contributed by atoms with van der Waals surface area (Å²) in [5.41, 5.74) is -0.520. The van der Waals surface area contributed by atoms with Crippen LogP contribution >= 0.6 is 11.3 Å². The van der Waals surface area contributed by atoms with E-state index in [0.717, 1.165) is 4.88 Å². The standard InChI is InChI=1S/C12H17NO3S/c1-7-5-6-8(17-7)10(14)13-9(11(15)16)12(2,3)4/h5-6,9H,1-4H3,(H,13,14)(H,15,16)/t9-/m0/s1. The number of hydrogen-bond donors (Lipinski definition) is 2. The molecule has 0 radical (unpaired) electrons. The van der Waals surface area contributed by atoms with Crippen molar-refractivity contribution in [2.45, 2.75) is 33.7 Å². The van der Waals surface area contributed by atoms with Crippen LogP contribution in [-0.2, 0) is 4.79 Å². The second kappa shape index (κ2) is 4.87. The molecule has 1 aromatic rings. The molecule has 5 heteroatoms. The van der Waals surface area contributed by atoms with Crippen molar-refractivity contribution >= 4 is 23.2 Å². The molecule has 0 aliphatic carbocycles. The lowest BCUT2D eigenvalue weighted by molar-refractivity contribution is -0.142. The molecule has 0 aliphatic heterocycles. The Labute approximate surface area is 105 Å². The first kappa shape index (κ1) is 13.7. The van der Waals surface area contributed by atoms with Crippen molar-refractivity contribution in [3.63, 3.8) is 0 Å². The largest absolute Gasteiger partial charge is 0.480 e. The Morgan fingerprint density at radius 1 is 1.35 bits per heavy atom. The second-order valence-electron chi connectivity index (χ2n) is 5.02. The quantitative estimate of drug-likeness (QED) is 0.870. The van der Waals surface area contributed by atoms with Gasteiger partial charge in [-0.05, 0) is 24.5 Å². The maximum atomic E-state index is 11.9. The van der Waals surface area contributed by atoms with Crippen molar-refractivity contribution in [1.29, 1.82) is 0 Å². The molecule has 0 spiro atoms. The van der Waals surface area contributed by atoms with Crippen LogP contribution in [0, 0.1) is 12.3 Å². The molecule has 0 saturated carbocycles. The van der Waals surface area contributed by atoms with Gasteiger partial charge in [0.2, 0.25) is 0 Å². The highest BCUT2D eigenvalue weighted by atomic mass is 32.1. The third-order valence-corrected chi connectivity index (χ3v) is 3.35. The van der Waals surface area contributed by atoms with Gasteiger partial charge in [0.15, 0.2) is 0 Å². The van der Waals surface area contributed by atoms with Crippen LogP contribution in [0.5, 0.6) is 0 Å². The lowest BCUT2D eigenvalue weighted by Gasteiger charge is -2.27. The molecule has 4 nitrogen and oxygen atoms in total. The number of carboxylic acids is 1. The zero-order chi connectivity index (χ0) is 13.2. The van der Waals surface area contributed by atoms with Crippen molar-refractivity contribution in [3.8, 4) is 0 Å². The molecule has 17 heavy (non-hydrogen) atoms. The fourth-order valence-electron chi connectivity index (χ4n) is 1.41. The zero-order valence-electron chi connectivity index (χ0n) is 10.4. The first-order valence-electron chi connectivity index (χ1n) is 5.32. The summed E-state index contributed by atoms with van der Waals surface area (Å²) in [4.78, 5) is 24.5. The van der Waals surface area contributed by atoms with E-state index in [4.69, 9.17) is 5.11 Å². The zero-order valence-corrected chi connectivity index (χ0v) is 11.2. The number of carboxylic acid groups (broad SMARTS) is 1. The van der Waals surface area contributed by atoms with Gasteiger partial charge in [0, 0.05) is 4.88 Å². The molecule has 0 bridgehead atoms. The van der Waals surface area contributed by atoms with Gasteiger partial charge in [-0.1, -0.05) is 20.8 Å². The third kappa shape index (κ3) is 3.56. The maximum Gasteiger partial charge on any atom is 0.326 e. The van der Waals surface area contributed by atoms with Crippen molar-refractivity contribution < 1.29 is 14.7 Å². The molecule has 0 unspecified atom stereocenters. The molecule has 0 fully saturated rings. The summed E-state index contributed by atoms with van der Waals surface area (Å²) in [5.74, 6) is -1.34. The topological polar surface area (TPSA) is 66.4 Å². The SMILES string of the molecule is Cc1ccc(C(=O)N[C@@H](C(=O)O)C(C)(C)C)s1. The molecule has 94 valence electrons. The van der Waals surface area contributed by atoms with Crippen LogP contribution in [-0.4, -0.2) is 23.0 Å². The number of carbonyl (C=O) groups excluding carboxylic acids is 1. The van der Waals surface area contributed by atoms with Crippen LogP contribution < -0.4 is 5.32 Å². The van der Waals surface area contributed by atoms with E-state index >= 15 is 0 Å². The highest BCUT2D eigenvalue weighted by Gasteiger charge is 2.32. The molecule has 1 aromatic heterocycles. The molecule has 0 saturated heterocycles. The van der Waals surface area contributed by atoms with Crippen molar-refractivity contribution in [3.05, 3.63) is 21.9 Å². The van der Waals surface area contributed by atoms with E-state index < -0.39 is 17.4 Å². The summed E-state index contributed by atoms with van der Waals surface area (Å²) in [7, 11) is 0.